The van der Waals surface area contributed by atoms with Crippen LogP contribution in [-0.4, -0.2) is 6.61 Å². The van der Waals surface area contributed by atoms with Gasteiger partial charge in [0.15, 0.2) is 23.2 Å². The smallest absolute Gasteiger partial charge is 0.201 e. The van der Waals surface area contributed by atoms with Crippen LogP contribution in [0.2, 0.25) is 0 Å². The van der Waals surface area contributed by atoms with Crippen molar-refractivity contribution in [2.75, 3.05) is 6.61 Å². The summed E-state index contributed by atoms with van der Waals surface area (Å²) >= 11 is 0. The summed E-state index contributed by atoms with van der Waals surface area (Å²) in [7, 11) is 0. The number of hydrogen-bond acceptors (Lipinski definition) is 1. The summed E-state index contributed by atoms with van der Waals surface area (Å²) in [4.78, 5) is 0. The van der Waals surface area contributed by atoms with Gasteiger partial charge in [0, 0.05) is 22.3 Å². The van der Waals surface area contributed by atoms with Gasteiger partial charge in [0.25, 0.3) is 0 Å². The predicted octanol–water partition coefficient (Wildman–Crippen LogP) is 13.2. The molecule has 0 aromatic heterocycles. The first-order valence-electron chi connectivity index (χ1n) is 17.8. The molecule has 0 spiro atoms. The zero-order valence-corrected chi connectivity index (χ0v) is 28.3. The number of halogens is 5. The minimum absolute atomic E-state index is 0.00291. The number of rotatable bonds is 16. The summed E-state index contributed by atoms with van der Waals surface area (Å²) in [5.74, 6) is -4.36. The lowest BCUT2D eigenvalue weighted by molar-refractivity contribution is 0.285. The summed E-state index contributed by atoms with van der Waals surface area (Å²) in [6.45, 7) is 4.67. The van der Waals surface area contributed by atoms with Crippen LogP contribution in [0, 0.1) is 35.0 Å². The molecule has 1 nitrogen and oxygen atoms in total. The lowest BCUT2D eigenvalue weighted by Crippen LogP contribution is -2.16. The van der Waals surface area contributed by atoms with Crippen LogP contribution < -0.4 is 4.74 Å². The Morgan fingerprint density at radius 2 is 1.06 bits per heavy atom. The van der Waals surface area contributed by atoms with Crippen LogP contribution in [0.3, 0.4) is 0 Å². The average molecular weight is 663 g/mol. The van der Waals surface area contributed by atoms with Gasteiger partial charge in [-0.1, -0.05) is 127 Å². The highest BCUT2D eigenvalue weighted by atomic mass is 19.2. The summed E-state index contributed by atoms with van der Waals surface area (Å²) < 4.78 is 82.1. The summed E-state index contributed by atoms with van der Waals surface area (Å²) in [6.07, 6.45) is 14.7. The molecule has 0 radical (unpaired) electrons. The maximum Gasteiger partial charge on any atom is 0.201 e. The fourth-order valence-corrected chi connectivity index (χ4v) is 6.94. The van der Waals surface area contributed by atoms with Crippen LogP contribution in [-0.2, 0) is 12.8 Å². The average Bonchev–Trinajstić information content (AvgIpc) is 3.10. The first-order chi connectivity index (χ1) is 23.3. The molecular weight excluding hydrogens is 615 g/mol. The Morgan fingerprint density at radius 1 is 0.542 bits per heavy atom. The Morgan fingerprint density at radius 3 is 1.75 bits per heavy atom. The quantitative estimate of drug-likeness (QED) is 0.0857. The SMILES string of the molecule is CCCCCCCCCOc1ccc(-c2ccc(-c3ccc(-c4ccc5c(c4F)CCC(CCCCC)C5)c(F)c3F)cc2)c(F)c1F. The highest BCUT2D eigenvalue weighted by Gasteiger charge is 2.25. The number of ether oxygens (including phenoxy) is 1. The van der Waals surface area contributed by atoms with E-state index in [1.54, 1.807) is 6.07 Å². The number of hydrogen-bond donors (Lipinski definition) is 0. The molecule has 0 fully saturated rings. The topological polar surface area (TPSA) is 9.23 Å². The first-order valence-corrected chi connectivity index (χ1v) is 17.8. The summed E-state index contributed by atoms with van der Waals surface area (Å²) in [6, 6.07) is 15.3. The molecule has 0 saturated heterocycles. The van der Waals surface area contributed by atoms with Crippen LogP contribution in [0.4, 0.5) is 22.0 Å². The number of fused-ring (bicyclic) bond motifs is 1. The Kier molecular flexibility index (Phi) is 12.7. The number of unbranched alkanes of at least 4 members (excludes halogenated alkanes) is 8. The Labute approximate surface area is 282 Å². The van der Waals surface area contributed by atoms with Crippen LogP contribution in [0.1, 0.15) is 102 Å². The third-order valence-corrected chi connectivity index (χ3v) is 9.80. The third-order valence-electron chi connectivity index (χ3n) is 9.80. The molecule has 256 valence electrons. The fraction of sp³-hybridized carbons (Fsp3) is 0.429. The van der Waals surface area contributed by atoms with E-state index < -0.39 is 29.1 Å². The lowest BCUT2D eigenvalue weighted by atomic mass is 9.80. The van der Waals surface area contributed by atoms with Crippen molar-refractivity contribution in [1.82, 2.24) is 0 Å². The molecular formula is C42H47F5O. The number of benzene rings is 4. The molecule has 1 aliphatic rings. The van der Waals surface area contributed by atoms with Gasteiger partial charge in [-0.2, -0.15) is 4.39 Å². The zero-order valence-electron chi connectivity index (χ0n) is 28.3. The molecule has 0 aliphatic heterocycles. The monoisotopic (exact) mass is 662 g/mol. The first kappa shape index (κ1) is 35.6. The maximum atomic E-state index is 15.7. The summed E-state index contributed by atoms with van der Waals surface area (Å²) in [5.41, 5.74) is 2.29. The molecule has 1 unspecified atom stereocenters. The summed E-state index contributed by atoms with van der Waals surface area (Å²) in [5, 5.41) is 0. The standard InChI is InChI=1S/C42H47F5O/c1-3-5-7-8-9-10-12-26-48-37-25-24-33(40(45)42(37)47)30-17-15-29(16-18-30)32-22-23-36(41(46)39(32)44)35-21-19-31-27-28(13-11-6-4-2)14-20-34(31)38(35)43/h15-19,21-25,28H,3-14,20,26-27H2,1-2H3. The van der Waals surface area contributed by atoms with Crippen molar-refractivity contribution in [3.05, 3.63) is 101 Å². The van der Waals surface area contributed by atoms with Gasteiger partial charge in [-0.15, -0.1) is 0 Å². The highest BCUT2D eigenvalue weighted by Crippen LogP contribution is 2.38. The van der Waals surface area contributed by atoms with E-state index in [1.807, 2.05) is 6.07 Å². The zero-order chi connectivity index (χ0) is 34.0. The Balaban J connectivity index is 1.26. The lowest BCUT2D eigenvalue weighted by Gasteiger charge is -2.26. The van der Waals surface area contributed by atoms with Gasteiger partial charge < -0.3 is 4.74 Å². The van der Waals surface area contributed by atoms with Crippen LogP contribution in [0.5, 0.6) is 5.75 Å². The molecule has 1 atom stereocenters. The van der Waals surface area contributed by atoms with Crippen LogP contribution in [0.15, 0.2) is 60.7 Å². The van der Waals surface area contributed by atoms with E-state index in [9.17, 15) is 4.39 Å². The minimum Gasteiger partial charge on any atom is -0.490 e. The van der Waals surface area contributed by atoms with Gasteiger partial charge in [0.05, 0.1) is 6.61 Å². The van der Waals surface area contributed by atoms with E-state index >= 15 is 17.6 Å². The molecule has 0 bridgehead atoms. The van der Waals surface area contributed by atoms with Crippen LogP contribution >= 0.6 is 0 Å². The normalized spacial score (nSPS) is 14.3. The second-order valence-corrected chi connectivity index (χ2v) is 13.2. The van der Waals surface area contributed by atoms with E-state index in [1.165, 1.54) is 93.5 Å². The fourth-order valence-electron chi connectivity index (χ4n) is 6.94. The maximum absolute atomic E-state index is 15.7. The van der Waals surface area contributed by atoms with Crippen molar-refractivity contribution in [2.45, 2.75) is 104 Å². The molecule has 4 aromatic rings. The molecule has 0 heterocycles. The van der Waals surface area contributed by atoms with Gasteiger partial charge in [-0.3, -0.25) is 0 Å². The molecule has 0 saturated carbocycles. The van der Waals surface area contributed by atoms with E-state index in [2.05, 4.69) is 13.8 Å². The van der Waals surface area contributed by atoms with E-state index in [-0.39, 0.29) is 28.0 Å². The molecule has 48 heavy (non-hydrogen) atoms. The largest absolute Gasteiger partial charge is 0.490 e. The van der Waals surface area contributed by atoms with Crippen molar-refractivity contribution < 1.29 is 26.7 Å². The molecule has 5 rings (SSSR count). The van der Waals surface area contributed by atoms with Crippen molar-refractivity contribution in [3.8, 4) is 39.1 Å². The van der Waals surface area contributed by atoms with E-state index in [0.717, 1.165) is 44.1 Å². The van der Waals surface area contributed by atoms with Crippen molar-refractivity contribution in [2.24, 2.45) is 5.92 Å². The molecule has 0 N–H and O–H groups in total. The molecule has 1 aliphatic carbocycles. The molecule has 0 amide bonds. The van der Waals surface area contributed by atoms with E-state index in [0.29, 0.717) is 35.6 Å². The Hall–Kier alpha value is -3.67. The predicted molar refractivity (Wildman–Crippen MR) is 186 cm³/mol. The van der Waals surface area contributed by atoms with Crippen molar-refractivity contribution in [1.29, 1.82) is 0 Å². The van der Waals surface area contributed by atoms with E-state index in [4.69, 9.17) is 4.74 Å². The molecule has 6 heteroatoms. The van der Waals surface area contributed by atoms with Gasteiger partial charge in [0.2, 0.25) is 5.82 Å². The van der Waals surface area contributed by atoms with Gasteiger partial charge in [-0.05, 0) is 66.0 Å². The second-order valence-electron chi connectivity index (χ2n) is 13.2. The molecule has 4 aromatic carbocycles. The van der Waals surface area contributed by atoms with Gasteiger partial charge in [0.1, 0.15) is 5.82 Å². The van der Waals surface area contributed by atoms with Crippen molar-refractivity contribution >= 4 is 0 Å². The Bertz CT molecular complexity index is 1660. The van der Waals surface area contributed by atoms with Crippen LogP contribution in [0.25, 0.3) is 33.4 Å². The van der Waals surface area contributed by atoms with Gasteiger partial charge >= 0.3 is 0 Å². The van der Waals surface area contributed by atoms with Gasteiger partial charge in [-0.25, -0.2) is 17.6 Å². The minimum atomic E-state index is -1.12. The highest BCUT2D eigenvalue weighted by molar-refractivity contribution is 5.75. The van der Waals surface area contributed by atoms with Crippen molar-refractivity contribution in [3.63, 3.8) is 0 Å². The third kappa shape index (κ3) is 8.30. The second kappa shape index (κ2) is 17.1.